The molecule has 0 bridgehead atoms. The summed E-state index contributed by atoms with van der Waals surface area (Å²) in [4.78, 5) is 27.3. The van der Waals surface area contributed by atoms with E-state index < -0.39 is 4.92 Å². The number of nitrogens with one attached hydrogen (secondary N) is 1. The minimum absolute atomic E-state index is 0.00968. The Balaban J connectivity index is 1.46. The van der Waals surface area contributed by atoms with Gasteiger partial charge in [0.05, 0.1) is 17.0 Å². The van der Waals surface area contributed by atoms with Crippen molar-refractivity contribution in [2.24, 2.45) is 0 Å². The van der Waals surface area contributed by atoms with Crippen molar-refractivity contribution in [1.82, 2.24) is 4.98 Å². The molecule has 1 aromatic heterocycles. The highest BCUT2D eigenvalue weighted by Crippen LogP contribution is 2.36. The van der Waals surface area contributed by atoms with Gasteiger partial charge in [-0.05, 0) is 17.7 Å². The number of aromatic nitrogens is 1. The molecule has 3 aromatic rings. The number of carbonyl (C=O) groups is 1. The number of benzene rings is 2. The van der Waals surface area contributed by atoms with Gasteiger partial charge >= 0.3 is 0 Å². The number of nitro groups is 1. The van der Waals surface area contributed by atoms with Crippen molar-refractivity contribution >= 4 is 44.0 Å². The molecule has 0 spiro atoms. The third-order valence-electron chi connectivity index (χ3n) is 4.17. The quantitative estimate of drug-likeness (QED) is 0.432. The molecule has 148 valence electrons. The molecule has 0 saturated heterocycles. The summed E-state index contributed by atoms with van der Waals surface area (Å²) in [6.07, 6.45) is 0.128. The standard InChI is InChI=1S/C19H14BrN3O5S/c20-14-9-17-16(27-4-5-28-17)7-12(14)8-18(24)22-19-21-15(10-29-19)11-2-1-3-13(6-11)23(25)26/h1-3,6-7,9-10H,4-5,8H2,(H,21,22,24). The Morgan fingerprint density at radius 3 is 2.76 bits per heavy atom. The first-order valence-electron chi connectivity index (χ1n) is 8.58. The van der Waals surface area contributed by atoms with Crippen LogP contribution in [-0.2, 0) is 11.2 Å². The second kappa shape index (κ2) is 8.18. The number of halogens is 1. The molecule has 0 saturated carbocycles. The molecule has 1 amide bonds. The molecule has 8 nitrogen and oxygen atoms in total. The zero-order chi connectivity index (χ0) is 20.4. The van der Waals surface area contributed by atoms with E-state index in [1.54, 1.807) is 29.6 Å². The summed E-state index contributed by atoms with van der Waals surface area (Å²) in [5, 5.41) is 15.9. The van der Waals surface area contributed by atoms with Gasteiger partial charge in [-0.3, -0.25) is 14.9 Å². The van der Waals surface area contributed by atoms with Gasteiger partial charge in [0.25, 0.3) is 5.69 Å². The summed E-state index contributed by atoms with van der Waals surface area (Å²) in [7, 11) is 0. The van der Waals surface area contributed by atoms with Crippen LogP contribution in [0.15, 0.2) is 46.3 Å². The average Bonchev–Trinajstić information content (AvgIpc) is 3.17. The van der Waals surface area contributed by atoms with E-state index in [9.17, 15) is 14.9 Å². The summed E-state index contributed by atoms with van der Waals surface area (Å²) in [5.41, 5.74) is 1.94. The van der Waals surface area contributed by atoms with Gasteiger partial charge < -0.3 is 14.8 Å². The number of rotatable bonds is 5. The summed E-state index contributed by atoms with van der Waals surface area (Å²) in [5.74, 6) is 1.03. The largest absolute Gasteiger partial charge is 0.486 e. The second-order valence-electron chi connectivity index (χ2n) is 6.16. The number of fused-ring (bicyclic) bond motifs is 1. The van der Waals surface area contributed by atoms with Crippen molar-refractivity contribution in [2.45, 2.75) is 6.42 Å². The Kier molecular flexibility index (Phi) is 5.45. The Morgan fingerprint density at radius 1 is 1.24 bits per heavy atom. The van der Waals surface area contributed by atoms with Crippen LogP contribution in [-0.4, -0.2) is 29.0 Å². The SMILES string of the molecule is O=C(Cc1cc2c(cc1Br)OCCO2)Nc1nc(-c2cccc([N+](=O)[O-])c2)cs1. The van der Waals surface area contributed by atoms with E-state index in [4.69, 9.17) is 9.47 Å². The number of ether oxygens (including phenoxy) is 2. The van der Waals surface area contributed by atoms with E-state index in [1.165, 1.54) is 23.5 Å². The Labute approximate surface area is 177 Å². The highest BCUT2D eigenvalue weighted by molar-refractivity contribution is 9.10. The van der Waals surface area contributed by atoms with Gasteiger partial charge in [-0.1, -0.05) is 28.1 Å². The van der Waals surface area contributed by atoms with Crippen LogP contribution >= 0.6 is 27.3 Å². The van der Waals surface area contributed by atoms with Crippen molar-refractivity contribution in [3.63, 3.8) is 0 Å². The van der Waals surface area contributed by atoms with Crippen molar-refractivity contribution in [1.29, 1.82) is 0 Å². The fraction of sp³-hybridized carbons (Fsp3) is 0.158. The molecular formula is C19H14BrN3O5S. The molecular weight excluding hydrogens is 462 g/mol. The highest BCUT2D eigenvalue weighted by Gasteiger charge is 2.17. The zero-order valence-electron chi connectivity index (χ0n) is 14.9. The Morgan fingerprint density at radius 2 is 2.00 bits per heavy atom. The van der Waals surface area contributed by atoms with E-state index >= 15 is 0 Å². The summed E-state index contributed by atoms with van der Waals surface area (Å²) in [6, 6.07) is 9.79. The molecule has 0 radical (unpaired) electrons. The fourth-order valence-corrected chi connectivity index (χ4v) is 4.02. The maximum absolute atomic E-state index is 12.5. The van der Waals surface area contributed by atoms with Gasteiger partial charge in [0.15, 0.2) is 16.6 Å². The number of anilines is 1. The molecule has 1 N–H and O–H groups in total. The lowest BCUT2D eigenvalue weighted by molar-refractivity contribution is -0.384. The predicted molar refractivity (Wildman–Crippen MR) is 112 cm³/mol. The van der Waals surface area contributed by atoms with Crippen molar-refractivity contribution in [2.75, 3.05) is 18.5 Å². The lowest BCUT2D eigenvalue weighted by Gasteiger charge is -2.19. The normalized spacial score (nSPS) is 12.4. The lowest BCUT2D eigenvalue weighted by atomic mass is 10.1. The molecule has 0 unspecified atom stereocenters. The van der Waals surface area contributed by atoms with Crippen LogP contribution in [0.2, 0.25) is 0 Å². The molecule has 29 heavy (non-hydrogen) atoms. The number of nitro benzene ring substituents is 1. The van der Waals surface area contributed by atoms with Crippen LogP contribution in [0.1, 0.15) is 5.56 Å². The van der Waals surface area contributed by atoms with Gasteiger partial charge in [0.1, 0.15) is 13.2 Å². The Bertz CT molecular complexity index is 1100. The minimum atomic E-state index is -0.455. The second-order valence-corrected chi connectivity index (χ2v) is 7.87. The number of carbonyl (C=O) groups excluding carboxylic acids is 1. The summed E-state index contributed by atoms with van der Waals surface area (Å²) in [6.45, 7) is 0.968. The van der Waals surface area contributed by atoms with Gasteiger partial charge in [0.2, 0.25) is 5.91 Å². The molecule has 10 heteroatoms. The topological polar surface area (TPSA) is 104 Å². The monoisotopic (exact) mass is 475 g/mol. The molecule has 0 aliphatic carbocycles. The number of amides is 1. The number of non-ortho nitro benzene ring substituents is 1. The number of hydrogen-bond acceptors (Lipinski definition) is 7. The number of thiazole rings is 1. The first-order chi connectivity index (χ1) is 14.0. The fourth-order valence-electron chi connectivity index (χ4n) is 2.82. The summed E-state index contributed by atoms with van der Waals surface area (Å²) < 4.78 is 11.8. The van der Waals surface area contributed by atoms with Crippen LogP contribution < -0.4 is 14.8 Å². The summed E-state index contributed by atoms with van der Waals surface area (Å²) >= 11 is 4.71. The predicted octanol–water partition coefficient (Wildman–Crippen LogP) is 4.43. The maximum Gasteiger partial charge on any atom is 0.270 e. The van der Waals surface area contributed by atoms with Crippen molar-refractivity contribution in [3.8, 4) is 22.8 Å². The van der Waals surface area contributed by atoms with Crippen LogP contribution in [0.3, 0.4) is 0 Å². The third kappa shape index (κ3) is 4.38. The minimum Gasteiger partial charge on any atom is -0.486 e. The van der Waals surface area contributed by atoms with E-state index in [2.05, 4.69) is 26.2 Å². The van der Waals surface area contributed by atoms with Crippen LogP contribution in [0.5, 0.6) is 11.5 Å². The van der Waals surface area contributed by atoms with E-state index in [-0.39, 0.29) is 18.0 Å². The first kappa shape index (κ1) is 19.3. The zero-order valence-corrected chi connectivity index (χ0v) is 17.3. The lowest BCUT2D eigenvalue weighted by Crippen LogP contribution is -2.17. The molecule has 0 fully saturated rings. The van der Waals surface area contributed by atoms with Gasteiger partial charge in [-0.2, -0.15) is 0 Å². The molecule has 2 aromatic carbocycles. The van der Waals surface area contributed by atoms with E-state index in [1.807, 2.05) is 0 Å². The Hall–Kier alpha value is -2.98. The molecule has 4 rings (SSSR count). The van der Waals surface area contributed by atoms with Gasteiger partial charge in [-0.15, -0.1) is 11.3 Å². The van der Waals surface area contributed by atoms with Crippen molar-refractivity contribution < 1.29 is 19.2 Å². The first-order valence-corrected chi connectivity index (χ1v) is 10.2. The van der Waals surface area contributed by atoms with Crippen LogP contribution in [0.25, 0.3) is 11.3 Å². The van der Waals surface area contributed by atoms with Crippen LogP contribution in [0.4, 0.5) is 10.8 Å². The smallest absolute Gasteiger partial charge is 0.270 e. The van der Waals surface area contributed by atoms with E-state index in [0.29, 0.717) is 41.1 Å². The van der Waals surface area contributed by atoms with E-state index in [0.717, 1.165) is 10.0 Å². The van der Waals surface area contributed by atoms with Crippen LogP contribution in [0, 0.1) is 10.1 Å². The van der Waals surface area contributed by atoms with Crippen molar-refractivity contribution in [3.05, 3.63) is 61.9 Å². The molecule has 0 atom stereocenters. The highest BCUT2D eigenvalue weighted by atomic mass is 79.9. The van der Waals surface area contributed by atoms with Gasteiger partial charge in [-0.25, -0.2) is 4.98 Å². The third-order valence-corrected chi connectivity index (χ3v) is 5.66. The maximum atomic E-state index is 12.5. The number of hydrogen-bond donors (Lipinski definition) is 1. The molecule has 1 aliphatic rings. The average molecular weight is 476 g/mol. The number of nitrogens with zero attached hydrogens (tertiary/aromatic N) is 2. The molecule has 1 aliphatic heterocycles. The van der Waals surface area contributed by atoms with Gasteiger partial charge in [0, 0.05) is 27.5 Å². The molecule has 2 heterocycles.